The van der Waals surface area contributed by atoms with Crippen LogP contribution < -0.4 is 11.1 Å². The number of nitrogen functional groups attached to an aromatic ring is 1. The van der Waals surface area contributed by atoms with E-state index in [1.54, 1.807) is 0 Å². The molecule has 0 radical (unpaired) electrons. The lowest BCUT2D eigenvalue weighted by molar-refractivity contribution is -0.143. The molecule has 1 fully saturated rings. The Morgan fingerprint density at radius 3 is 3.00 bits per heavy atom. The molecule has 0 spiro atoms. The van der Waals surface area contributed by atoms with E-state index in [9.17, 15) is 4.79 Å². The molecule has 92 valence electrons. The van der Waals surface area contributed by atoms with Crippen molar-refractivity contribution >= 4 is 11.7 Å². The van der Waals surface area contributed by atoms with Gasteiger partial charge >= 0.3 is 5.97 Å². The second-order valence-corrected chi connectivity index (χ2v) is 4.68. The molecule has 1 saturated heterocycles. The number of nitrogens with one attached hydrogen (secondary N) is 1. The third kappa shape index (κ3) is 2.58. The van der Waals surface area contributed by atoms with Gasteiger partial charge < -0.3 is 16.2 Å². The molecule has 4 nitrogen and oxygen atoms in total. The molecular formula is C13H18N2O2. The van der Waals surface area contributed by atoms with Gasteiger partial charge in [-0.1, -0.05) is 6.07 Å². The largest absolute Gasteiger partial charge is 0.481 e. The first-order valence-electron chi connectivity index (χ1n) is 5.90. The van der Waals surface area contributed by atoms with Gasteiger partial charge in [0.05, 0.1) is 5.92 Å². The van der Waals surface area contributed by atoms with Crippen molar-refractivity contribution in [3.05, 3.63) is 29.3 Å². The molecule has 0 amide bonds. The predicted molar refractivity (Wildman–Crippen MR) is 66.7 cm³/mol. The van der Waals surface area contributed by atoms with Gasteiger partial charge in [-0.3, -0.25) is 4.79 Å². The first-order chi connectivity index (χ1) is 8.08. The molecule has 0 saturated carbocycles. The predicted octanol–water partition coefficient (Wildman–Crippen LogP) is 1.70. The molecule has 0 aromatic heterocycles. The molecule has 0 bridgehead atoms. The summed E-state index contributed by atoms with van der Waals surface area (Å²) in [6.07, 6.45) is 1.34. The zero-order valence-corrected chi connectivity index (χ0v) is 9.94. The summed E-state index contributed by atoms with van der Waals surface area (Å²) in [5.41, 5.74) is 8.79. The van der Waals surface area contributed by atoms with Gasteiger partial charge in [0, 0.05) is 11.7 Å². The van der Waals surface area contributed by atoms with Crippen LogP contribution in [-0.4, -0.2) is 17.6 Å². The minimum Gasteiger partial charge on any atom is -0.481 e. The van der Waals surface area contributed by atoms with Crippen LogP contribution in [0, 0.1) is 12.8 Å². The first-order valence-corrected chi connectivity index (χ1v) is 5.90. The second-order valence-electron chi connectivity index (χ2n) is 4.68. The lowest BCUT2D eigenvalue weighted by atomic mass is 9.87. The van der Waals surface area contributed by atoms with Gasteiger partial charge in [-0.05, 0) is 49.6 Å². The van der Waals surface area contributed by atoms with Crippen LogP contribution in [0.1, 0.15) is 30.0 Å². The molecule has 1 aromatic carbocycles. The second kappa shape index (κ2) is 4.75. The Hall–Kier alpha value is -1.55. The maximum atomic E-state index is 11.0. The number of piperidine rings is 1. The zero-order chi connectivity index (χ0) is 12.4. The summed E-state index contributed by atoms with van der Waals surface area (Å²) in [7, 11) is 0. The van der Waals surface area contributed by atoms with Gasteiger partial charge in [-0.15, -0.1) is 0 Å². The number of benzene rings is 1. The Morgan fingerprint density at radius 2 is 2.29 bits per heavy atom. The molecule has 1 heterocycles. The molecule has 2 rings (SSSR count). The summed E-state index contributed by atoms with van der Waals surface area (Å²) >= 11 is 0. The average Bonchev–Trinajstić information content (AvgIpc) is 2.32. The van der Waals surface area contributed by atoms with Gasteiger partial charge in [0.1, 0.15) is 0 Å². The van der Waals surface area contributed by atoms with E-state index in [1.807, 2.05) is 25.1 Å². The molecule has 2 unspecified atom stereocenters. The van der Waals surface area contributed by atoms with Crippen molar-refractivity contribution in [2.45, 2.75) is 25.8 Å². The number of hydrogen-bond acceptors (Lipinski definition) is 3. The highest BCUT2D eigenvalue weighted by molar-refractivity contribution is 5.70. The summed E-state index contributed by atoms with van der Waals surface area (Å²) in [5.74, 6) is -0.944. The van der Waals surface area contributed by atoms with Gasteiger partial charge in [-0.25, -0.2) is 0 Å². The van der Waals surface area contributed by atoms with Crippen molar-refractivity contribution < 1.29 is 9.90 Å². The summed E-state index contributed by atoms with van der Waals surface area (Å²) in [6, 6.07) is 5.90. The van der Waals surface area contributed by atoms with Gasteiger partial charge in [-0.2, -0.15) is 0 Å². The van der Waals surface area contributed by atoms with Crippen molar-refractivity contribution in [3.63, 3.8) is 0 Å². The van der Waals surface area contributed by atoms with Crippen LogP contribution in [0.5, 0.6) is 0 Å². The van der Waals surface area contributed by atoms with E-state index in [2.05, 4.69) is 5.32 Å². The summed E-state index contributed by atoms with van der Waals surface area (Å²) in [5, 5.41) is 12.4. The van der Waals surface area contributed by atoms with Crippen molar-refractivity contribution in [3.8, 4) is 0 Å². The highest BCUT2D eigenvalue weighted by Gasteiger charge is 2.28. The number of rotatable bonds is 2. The summed E-state index contributed by atoms with van der Waals surface area (Å²) in [4.78, 5) is 11.0. The Kier molecular flexibility index (Phi) is 3.33. The smallest absolute Gasteiger partial charge is 0.306 e. The van der Waals surface area contributed by atoms with Crippen LogP contribution in [0.25, 0.3) is 0 Å². The maximum absolute atomic E-state index is 11.0. The number of hydrogen-bond donors (Lipinski definition) is 3. The highest BCUT2D eigenvalue weighted by atomic mass is 16.4. The zero-order valence-electron chi connectivity index (χ0n) is 9.94. The monoisotopic (exact) mass is 234 g/mol. The van der Waals surface area contributed by atoms with E-state index < -0.39 is 5.97 Å². The van der Waals surface area contributed by atoms with E-state index in [1.165, 1.54) is 0 Å². The van der Waals surface area contributed by atoms with Crippen molar-refractivity contribution in [1.82, 2.24) is 5.32 Å². The topological polar surface area (TPSA) is 75.4 Å². The number of carboxylic acids is 1. The third-order valence-electron chi connectivity index (χ3n) is 3.43. The molecule has 2 atom stereocenters. The van der Waals surface area contributed by atoms with Crippen LogP contribution in [0.2, 0.25) is 0 Å². The molecule has 1 aliphatic rings. The van der Waals surface area contributed by atoms with E-state index >= 15 is 0 Å². The lowest BCUT2D eigenvalue weighted by Gasteiger charge is -2.29. The third-order valence-corrected chi connectivity index (χ3v) is 3.43. The highest BCUT2D eigenvalue weighted by Crippen LogP contribution is 2.30. The van der Waals surface area contributed by atoms with E-state index in [-0.39, 0.29) is 12.0 Å². The number of aliphatic carboxylic acids is 1. The fourth-order valence-electron chi connectivity index (χ4n) is 2.41. The number of aryl methyl sites for hydroxylation is 1. The lowest BCUT2D eigenvalue weighted by Crippen LogP contribution is -2.35. The van der Waals surface area contributed by atoms with Gasteiger partial charge in [0.25, 0.3) is 0 Å². The Bertz CT molecular complexity index is 431. The van der Waals surface area contributed by atoms with Crippen molar-refractivity contribution in [2.75, 3.05) is 12.3 Å². The number of carboxylic acid groups (broad SMARTS) is 1. The minimum atomic E-state index is -0.696. The SMILES string of the molecule is Cc1ccc(N)cc1C1CC(C(=O)O)CCN1. The van der Waals surface area contributed by atoms with Gasteiger partial charge in [0.2, 0.25) is 0 Å². The van der Waals surface area contributed by atoms with Crippen LogP contribution in [0.3, 0.4) is 0 Å². The van der Waals surface area contributed by atoms with Crippen LogP contribution in [0.15, 0.2) is 18.2 Å². The number of carbonyl (C=O) groups is 1. The summed E-state index contributed by atoms with van der Waals surface area (Å²) in [6.45, 7) is 2.77. The molecule has 4 N–H and O–H groups in total. The normalized spacial score (nSPS) is 24.5. The fraction of sp³-hybridized carbons (Fsp3) is 0.462. The van der Waals surface area contributed by atoms with Crippen LogP contribution >= 0.6 is 0 Å². The average molecular weight is 234 g/mol. The Balaban J connectivity index is 2.21. The molecule has 0 aliphatic carbocycles. The molecule has 1 aliphatic heterocycles. The van der Waals surface area contributed by atoms with Crippen LogP contribution in [0.4, 0.5) is 5.69 Å². The number of anilines is 1. The number of nitrogens with two attached hydrogens (primary N) is 1. The maximum Gasteiger partial charge on any atom is 0.306 e. The minimum absolute atomic E-state index is 0.105. The molecule has 1 aromatic rings. The van der Waals surface area contributed by atoms with Crippen molar-refractivity contribution in [1.29, 1.82) is 0 Å². The van der Waals surface area contributed by atoms with E-state index in [0.29, 0.717) is 12.8 Å². The fourth-order valence-corrected chi connectivity index (χ4v) is 2.41. The standard InChI is InChI=1S/C13H18N2O2/c1-8-2-3-10(14)7-11(8)12-6-9(13(16)17)4-5-15-12/h2-3,7,9,12,15H,4-6,14H2,1H3,(H,16,17). The molecular weight excluding hydrogens is 216 g/mol. The Morgan fingerprint density at radius 1 is 1.53 bits per heavy atom. The summed E-state index contributed by atoms with van der Waals surface area (Å²) < 4.78 is 0. The van der Waals surface area contributed by atoms with Gasteiger partial charge in [0.15, 0.2) is 0 Å². The van der Waals surface area contributed by atoms with E-state index in [0.717, 1.165) is 23.4 Å². The molecule has 4 heteroatoms. The quantitative estimate of drug-likeness (QED) is 0.681. The van der Waals surface area contributed by atoms with E-state index in [4.69, 9.17) is 10.8 Å². The first kappa shape index (κ1) is 11.9. The Labute approximate surface area is 101 Å². The van der Waals surface area contributed by atoms with Crippen LogP contribution in [-0.2, 0) is 4.79 Å². The molecule has 17 heavy (non-hydrogen) atoms. The van der Waals surface area contributed by atoms with Crippen molar-refractivity contribution in [2.24, 2.45) is 5.92 Å².